The van der Waals surface area contributed by atoms with E-state index in [0.717, 1.165) is 0 Å². The number of phosphoric ester groups is 1. The van der Waals surface area contributed by atoms with Crippen molar-refractivity contribution in [3.8, 4) is 0 Å². The van der Waals surface area contributed by atoms with Gasteiger partial charge in [-0.1, -0.05) is 41.5 Å². The summed E-state index contributed by atoms with van der Waals surface area (Å²) in [5.41, 5.74) is 0. The Kier molecular flexibility index (Phi) is 7.12. The van der Waals surface area contributed by atoms with Crippen molar-refractivity contribution in [3.05, 3.63) is 0 Å². The first-order valence-corrected chi connectivity index (χ1v) is 12.9. The molecule has 2 heterocycles. The molecular weight excluding hydrogens is 421 g/mol. The molecule has 5 atom stereocenters. The van der Waals surface area contributed by atoms with Gasteiger partial charge in [0.2, 0.25) is 5.91 Å². The van der Waals surface area contributed by atoms with E-state index in [-0.39, 0.29) is 16.7 Å². The van der Waals surface area contributed by atoms with E-state index in [0.29, 0.717) is 0 Å². The summed E-state index contributed by atoms with van der Waals surface area (Å²) in [5, 5.41) is 2.07. The zero-order chi connectivity index (χ0) is 22.4. The number of rotatable bonds is 4. The van der Waals surface area contributed by atoms with Gasteiger partial charge in [0.15, 0.2) is 6.29 Å². The van der Waals surface area contributed by atoms with Crippen molar-refractivity contribution in [1.82, 2.24) is 5.32 Å². The highest BCUT2D eigenvalue weighted by Gasteiger charge is 2.65. The van der Waals surface area contributed by atoms with E-state index in [1.165, 1.54) is 14.0 Å². The molecule has 2 aliphatic rings. The number of hydrogen-bond acceptors (Lipinski definition) is 7. The highest BCUT2D eigenvalue weighted by molar-refractivity contribution is 7.46. The second kappa shape index (κ2) is 8.29. The fraction of sp³-hybridized carbons (Fsp3) is 0.941. The van der Waals surface area contributed by atoms with Crippen molar-refractivity contribution in [2.45, 2.75) is 89.2 Å². The fourth-order valence-electron chi connectivity index (χ4n) is 4.41. The molecule has 0 aromatic carbocycles. The van der Waals surface area contributed by atoms with Gasteiger partial charge in [-0.2, -0.15) is 0 Å². The molecule has 10 nitrogen and oxygen atoms in total. The van der Waals surface area contributed by atoms with Crippen molar-refractivity contribution >= 4 is 22.3 Å². The van der Waals surface area contributed by atoms with Gasteiger partial charge in [-0.3, -0.25) is 9.32 Å². The van der Waals surface area contributed by atoms with Crippen LogP contribution >= 0.6 is 7.82 Å². The summed E-state index contributed by atoms with van der Waals surface area (Å²) in [5.74, 6) is -0.416. The normalized spacial score (nSPS) is 33.1. The first-order valence-electron chi connectivity index (χ1n) is 9.53. The largest absolute Gasteiger partial charge is 0.472 e. The minimum atomic E-state index is -4.88. The van der Waals surface area contributed by atoms with Crippen molar-refractivity contribution in [2.24, 2.45) is 0 Å². The predicted molar refractivity (Wildman–Crippen MR) is 106 cm³/mol. The Labute approximate surface area is 173 Å². The predicted octanol–water partition coefficient (Wildman–Crippen LogP) is 1.80. The third kappa shape index (κ3) is 5.11. The number of ether oxygens (including phenoxy) is 2. The molecule has 3 N–H and O–H groups in total. The van der Waals surface area contributed by atoms with Crippen LogP contribution in [-0.4, -0.2) is 68.6 Å². The summed E-state index contributed by atoms with van der Waals surface area (Å²) in [6, 6.07) is -0.976. The quantitative estimate of drug-likeness (QED) is 0.429. The van der Waals surface area contributed by atoms with Crippen molar-refractivity contribution in [2.75, 3.05) is 13.7 Å². The molecule has 170 valence electrons. The number of carbonyl (C=O) groups is 1. The Bertz CT molecular complexity index is 642. The van der Waals surface area contributed by atoms with Gasteiger partial charge in [-0.15, -0.1) is 0 Å². The standard InChI is InChI=1S/C17H34NO9PSi/c1-10(19)18-12-14(23-8)13-11(25-15(12)26-28(20,21)22)9-24-29(27-13,16(2,3)4)17(5,6)7/h11-15H,9H2,1-8H3,(H,18,19)(H2,20,21,22). The number of methoxy groups -OCH3 is 1. The molecule has 2 fully saturated rings. The minimum absolute atomic E-state index is 0.166. The van der Waals surface area contributed by atoms with Crippen LogP contribution in [0.2, 0.25) is 10.1 Å². The van der Waals surface area contributed by atoms with Crippen molar-refractivity contribution < 1.29 is 42.0 Å². The van der Waals surface area contributed by atoms with E-state index < -0.39 is 52.9 Å². The summed E-state index contributed by atoms with van der Waals surface area (Å²) in [6.45, 7) is 13.9. The number of phosphoric acid groups is 1. The summed E-state index contributed by atoms with van der Waals surface area (Å²) >= 11 is 0. The molecule has 29 heavy (non-hydrogen) atoms. The van der Waals surface area contributed by atoms with Crippen LogP contribution in [0.4, 0.5) is 0 Å². The number of amides is 1. The average Bonchev–Trinajstić information content (AvgIpc) is 2.51. The molecule has 2 saturated heterocycles. The van der Waals surface area contributed by atoms with Crippen LogP contribution in [0.15, 0.2) is 0 Å². The fourth-order valence-corrected chi connectivity index (χ4v) is 9.82. The molecular formula is C17H34NO9PSi. The van der Waals surface area contributed by atoms with E-state index in [4.69, 9.17) is 22.8 Å². The smallest absolute Gasteiger partial charge is 0.391 e. The lowest BCUT2D eigenvalue weighted by Crippen LogP contribution is -2.73. The zero-order valence-corrected chi connectivity index (χ0v) is 20.2. The molecule has 0 spiro atoms. The Morgan fingerprint density at radius 2 is 1.72 bits per heavy atom. The number of fused-ring (bicyclic) bond motifs is 1. The van der Waals surface area contributed by atoms with Gasteiger partial charge in [0.25, 0.3) is 0 Å². The van der Waals surface area contributed by atoms with Crippen LogP contribution in [-0.2, 0) is 32.2 Å². The average molecular weight is 456 g/mol. The molecule has 0 aromatic heterocycles. The number of hydrogen-bond donors (Lipinski definition) is 3. The molecule has 0 aromatic rings. The highest BCUT2D eigenvalue weighted by Crippen LogP contribution is 2.55. The third-order valence-electron chi connectivity index (χ3n) is 5.26. The molecule has 0 bridgehead atoms. The highest BCUT2D eigenvalue weighted by atomic mass is 31.2. The molecule has 2 rings (SSSR count). The van der Waals surface area contributed by atoms with E-state index in [9.17, 15) is 19.1 Å². The van der Waals surface area contributed by atoms with E-state index in [1.54, 1.807) is 0 Å². The van der Waals surface area contributed by atoms with Crippen LogP contribution in [0.1, 0.15) is 48.5 Å². The summed E-state index contributed by atoms with van der Waals surface area (Å²) in [6.07, 6.45) is -3.45. The van der Waals surface area contributed by atoms with Gasteiger partial charge in [0.1, 0.15) is 24.4 Å². The van der Waals surface area contributed by atoms with Gasteiger partial charge in [-0.25, -0.2) is 4.57 Å². The SMILES string of the molecule is COC1C(NC(C)=O)C(OP(=O)(O)O)OC2CO[Si](C(C)(C)C)(C(C)(C)C)OC21. The maximum absolute atomic E-state index is 11.8. The van der Waals surface area contributed by atoms with Crippen LogP contribution in [0.3, 0.4) is 0 Å². The van der Waals surface area contributed by atoms with Gasteiger partial charge < -0.3 is 33.4 Å². The topological polar surface area (TPSA) is 133 Å². The zero-order valence-electron chi connectivity index (χ0n) is 18.3. The second-order valence-corrected chi connectivity index (χ2v) is 15.5. The Hall–Kier alpha value is -0.363. The lowest BCUT2D eigenvalue weighted by Gasteiger charge is -2.58. The first-order chi connectivity index (χ1) is 13.0. The van der Waals surface area contributed by atoms with Crippen LogP contribution in [0, 0.1) is 0 Å². The van der Waals surface area contributed by atoms with Gasteiger partial charge in [-0.05, 0) is 0 Å². The molecule has 5 unspecified atom stereocenters. The Balaban J connectivity index is 2.44. The molecule has 1 amide bonds. The maximum atomic E-state index is 11.8. The summed E-state index contributed by atoms with van der Waals surface area (Å²) < 4.78 is 40.7. The van der Waals surface area contributed by atoms with E-state index in [2.05, 4.69) is 46.9 Å². The van der Waals surface area contributed by atoms with Gasteiger partial charge in [0, 0.05) is 24.1 Å². The van der Waals surface area contributed by atoms with Gasteiger partial charge >= 0.3 is 16.4 Å². The Morgan fingerprint density at radius 1 is 1.17 bits per heavy atom. The maximum Gasteiger partial charge on any atom is 0.472 e. The van der Waals surface area contributed by atoms with E-state index >= 15 is 0 Å². The molecule has 0 radical (unpaired) electrons. The van der Waals surface area contributed by atoms with Crippen molar-refractivity contribution in [1.29, 1.82) is 0 Å². The molecule has 0 aliphatic carbocycles. The first kappa shape index (κ1) is 24.9. The lowest BCUT2D eigenvalue weighted by molar-refractivity contribution is -0.264. The molecule has 12 heteroatoms. The summed E-state index contributed by atoms with van der Waals surface area (Å²) in [7, 11) is -6.29. The lowest BCUT2D eigenvalue weighted by atomic mass is 9.96. The third-order valence-corrected chi connectivity index (χ3v) is 10.9. The second-order valence-electron chi connectivity index (χ2n) is 9.58. The monoisotopic (exact) mass is 455 g/mol. The number of nitrogens with one attached hydrogen (secondary N) is 1. The Morgan fingerprint density at radius 3 is 2.14 bits per heavy atom. The van der Waals surface area contributed by atoms with Gasteiger partial charge in [0.05, 0.1) is 6.61 Å². The molecule has 0 saturated carbocycles. The number of carbonyl (C=O) groups excluding carboxylic acids is 1. The van der Waals surface area contributed by atoms with Crippen LogP contribution in [0.5, 0.6) is 0 Å². The van der Waals surface area contributed by atoms with Crippen LogP contribution in [0.25, 0.3) is 0 Å². The summed E-state index contributed by atoms with van der Waals surface area (Å²) in [4.78, 5) is 30.3. The van der Waals surface area contributed by atoms with E-state index in [1.807, 2.05) is 0 Å². The van der Waals surface area contributed by atoms with Crippen LogP contribution < -0.4 is 5.32 Å². The van der Waals surface area contributed by atoms with Crippen molar-refractivity contribution in [3.63, 3.8) is 0 Å². The minimum Gasteiger partial charge on any atom is -0.391 e. The molecule has 2 aliphatic heterocycles.